The topological polar surface area (TPSA) is 102 Å². The largest absolute Gasteiger partial charge is 0.438 e. The Kier molecular flexibility index (Phi) is 89.9. The zero-order chi connectivity index (χ0) is 56.8. The minimum Gasteiger partial charge on any atom is -0.438 e. The summed E-state index contributed by atoms with van der Waals surface area (Å²) in [5.74, 6) is 0. The first-order chi connectivity index (χ1) is 36.1. The van der Waals surface area contributed by atoms with Crippen LogP contribution in [0.1, 0.15) is 265 Å². The monoisotopic (exact) mass is 1460 g/mol. The van der Waals surface area contributed by atoms with Gasteiger partial charge in [-0.3, -0.25) is 0 Å². The highest BCUT2D eigenvalue weighted by molar-refractivity contribution is 6.85. The molecule has 5 heterocycles. The van der Waals surface area contributed by atoms with E-state index in [0.29, 0.717) is 0 Å². The van der Waals surface area contributed by atoms with Crippen LogP contribution in [-0.4, -0.2) is 130 Å². The Morgan fingerprint density at radius 3 is 0.693 bits per heavy atom. The summed E-state index contributed by atoms with van der Waals surface area (Å²) in [6.45, 7) is 43.5. The van der Waals surface area contributed by atoms with Gasteiger partial charge < -0.3 is 46.8 Å². The van der Waals surface area contributed by atoms with Gasteiger partial charge in [-0.1, -0.05) is 233 Å². The molecule has 5 fully saturated rings. The van der Waals surface area contributed by atoms with Gasteiger partial charge in [0.25, 0.3) is 0 Å². The minimum atomic E-state index is -2.04. The molecule has 0 radical (unpaired) electrons. The van der Waals surface area contributed by atoms with E-state index in [9.17, 15) is 0 Å². The molecule has 0 N–H and O–H groups in total. The van der Waals surface area contributed by atoms with E-state index in [-0.39, 0.29) is 89.1 Å². The smallest absolute Gasteiger partial charge is 0.315 e. The summed E-state index contributed by atoms with van der Waals surface area (Å²) in [7, 11) is -15.7. The molecule has 5 rings (SSSR count). The van der Waals surface area contributed by atoms with Crippen molar-refractivity contribution >= 4 is 96.6 Å². The van der Waals surface area contributed by atoms with Crippen LogP contribution in [0.2, 0.25) is 139 Å². The Hall–Kier alpha value is 1.95. The molecule has 0 saturated carbocycles. The van der Waals surface area contributed by atoms with Gasteiger partial charge in [-0.05, 0) is 171 Å². The van der Waals surface area contributed by atoms with Gasteiger partial charge in [-0.25, -0.2) is 0 Å². The van der Waals surface area contributed by atoms with E-state index in [0.717, 1.165) is 39.1 Å². The molecule has 11 unspecified atom stereocenters. The fraction of sp³-hybridized carbons (Fsp3) is 1.00. The molecular formula is C66H178O11Si11. The molecule has 11 nitrogen and oxygen atoms in total. The minimum absolute atomic E-state index is 0. The summed E-state index contributed by atoms with van der Waals surface area (Å²) in [5.41, 5.74) is 0. The van der Waals surface area contributed by atoms with Crippen molar-refractivity contribution in [3.63, 3.8) is 0 Å². The fourth-order valence-electron chi connectivity index (χ4n) is 11.5. The number of rotatable bonds is 17. The third kappa shape index (κ3) is 58.1. The van der Waals surface area contributed by atoms with Crippen LogP contribution in [0, 0.1) is 0 Å². The van der Waals surface area contributed by atoms with E-state index in [4.69, 9.17) is 46.8 Å². The highest BCUT2D eigenvalue weighted by Crippen LogP contribution is 2.33. The SMILES string of the molecule is C.C.C.C.C.C.C.C.C.C.C.C.CCCC[Si]1(C)CCCCO[SiH](C)O1.CCCC[Si]1(C)CCCCO[SiH](C)O1.CCCC[Si]1(C)CCCCO[SiH](C)O1.CCCC[Si]1(C)CCCCO[SiH](C)O[Si](C)(CCCC)O1.CCC[Si]1(C)CCCCO[SiH](C)O1. The van der Waals surface area contributed by atoms with Crippen molar-refractivity contribution < 1.29 is 46.8 Å². The predicted molar refractivity (Wildman–Crippen MR) is 436 cm³/mol. The van der Waals surface area contributed by atoms with E-state index in [1.165, 1.54) is 195 Å². The van der Waals surface area contributed by atoms with E-state index in [1.807, 2.05) is 0 Å². The average Bonchev–Trinajstić information content (AvgIpc) is 3.33. The third-order valence-corrected chi connectivity index (χ3v) is 56.4. The maximum absolute atomic E-state index is 6.89. The quantitative estimate of drug-likeness (QED) is 0.130. The standard InChI is InChI=1S/C15H36O3Si3.3C10H24O2Si2.C9H22O2Si2.12CH4/c1-6-8-13-20(4)14-11-10-12-16-19(3)17-21(5,18-20)15-9-7-2;3*1-4-5-9-14(3)10-7-6-8-11-13(2)12-14;1-4-8-13(3)9-6-5-7-10-12(2)11-13;;;;;;;;;;;;/h19H,6-15H2,1-5H3;3*13H,4-10H2,1-3H3;12H,4-9H2,1-3H3;12*1H4. The molecule has 0 spiro atoms. The van der Waals surface area contributed by atoms with Crippen molar-refractivity contribution in [3.8, 4) is 0 Å². The maximum atomic E-state index is 6.89. The second kappa shape index (κ2) is 67.5. The van der Waals surface area contributed by atoms with Gasteiger partial charge in [0.15, 0.2) is 41.6 Å². The molecule has 0 aromatic heterocycles. The molecule has 5 saturated heterocycles. The zero-order valence-corrected chi connectivity index (χ0v) is 65.3. The van der Waals surface area contributed by atoms with Gasteiger partial charge >= 0.3 is 55.0 Å². The van der Waals surface area contributed by atoms with Gasteiger partial charge in [0.05, 0.1) is 0 Å². The third-order valence-electron chi connectivity index (χ3n) is 15.9. The molecule has 0 amide bonds. The Morgan fingerprint density at radius 1 is 0.250 bits per heavy atom. The lowest BCUT2D eigenvalue weighted by Crippen LogP contribution is -2.53. The van der Waals surface area contributed by atoms with Crippen molar-refractivity contribution in [3.05, 3.63) is 0 Å². The van der Waals surface area contributed by atoms with Crippen LogP contribution in [-0.2, 0) is 46.8 Å². The summed E-state index contributed by atoms with van der Waals surface area (Å²) < 4.78 is 67.0. The lowest BCUT2D eigenvalue weighted by atomic mass is 10.4. The molecule has 11 atom stereocenters. The molecule has 22 heteroatoms. The molecule has 5 aliphatic heterocycles. The van der Waals surface area contributed by atoms with Crippen molar-refractivity contribution in [1.82, 2.24) is 0 Å². The van der Waals surface area contributed by atoms with E-state index < -0.39 is 96.6 Å². The summed E-state index contributed by atoms with van der Waals surface area (Å²) in [5, 5.41) is 0. The highest BCUT2D eigenvalue weighted by Gasteiger charge is 2.42. The maximum Gasteiger partial charge on any atom is 0.315 e. The second-order valence-corrected chi connectivity index (χ2v) is 60.0. The van der Waals surface area contributed by atoms with Gasteiger partial charge in [0.2, 0.25) is 0 Å². The van der Waals surface area contributed by atoms with Crippen molar-refractivity contribution in [1.29, 1.82) is 0 Å². The Bertz CT molecular complexity index is 1310. The van der Waals surface area contributed by atoms with Gasteiger partial charge in [0, 0.05) is 33.0 Å². The van der Waals surface area contributed by atoms with Crippen molar-refractivity contribution in [2.45, 2.75) is 404 Å². The van der Waals surface area contributed by atoms with Crippen LogP contribution >= 0.6 is 0 Å². The van der Waals surface area contributed by atoms with Crippen LogP contribution in [0.4, 0.5) is 0 Å². The fourth-order valence-corrected chi connectivity index (χ4v) is 53.9. The summed E-state index contributed by atoms with van der Waals surface area (Å²) in [4.78, 5) is 0. The molecule has 552 valence electrons. The van der Waals surface area contributed by atoms with E-state index in [2.05, 4.69) is 114 Å². The second-order valence-electron chi connectivity index (χ2n) is 24.8. The molecule has 88 heavy (non-hydrogen) atoms. The van der Waals surface area contributed by atoms with Gasteiger partial charge in [-0.15, -0.1) is 0 Å². The lowest BCUT2D eigenvalue weighted by molar-refractivity contribution is 0.238. The Labute approximate surface area is 576 Å². The van der Waals surface area contributed by atoms with E-state index >= 15 is 0 Å². The first-order valence-corrected chi connectivity index (χ1v) is 59.4. The van der Waals surface area contributed by atoms with Crippen LogP contribution in [0.5, 0.6) is 0 Å². The van der Waals surface area contributed by atoms with Crippen molar-refractivity contribution in [2.24, 2.45) is 0 Å². The molecule has 0 aromatic carbocycles. The van der Waals surface area contributed by atoms with Gasteiger partial charge in [0.1, 0.15) is 0 Å². The van der Waals surface area contributed by atoms with E-state index in [1.54, 1.807) is 0 Å². The van der Waals surface area contributed by atoms with Crippen LogP contribution in [0.25, 0.3) is 0 Å². The summed E-state index contributed by atoms with van der Waals surface area (Å²) in [6.07, 6.45) is 26.9. The Morgan fingerprint density at radius 2 is 0.455 bits per heavy atom. The molecule has 5 aliphatic rings. The van der Waals surface area contributed by atoms with Crippen molar-refractivity contribution in [2.75, 3.05) is 33.0 Å². The van der Waals surface area contributed by atoms with Crippen LogP contribution in [0.3, 0.4) is 0 Å². The predicted octanol–water partition coefficient (Wildman–Crippen LogP) is 24.3. The molecule has 0 aromatic rings. The average molecular weight is 1460 g/mol. The molecule has 0 aliphatic carbocycles. The molecular weight excluding hydrogens is 1280 g/mol. The number of hydrogen-bond acceptors (Lipinski definition) is 11. The zero-order valence-electron chi connectivity index (χ0n) is 53.5. The summed E-state index contributed by atoms with van der Waals surface area (Å²) in [6, 6.07) is 14.5. The first-order valence-electron chi connectivity index (χ1n) is 32.2. The first kappa shape index (κ1) is 117. The number of hydrogen-bond donors (Lipinski definition) is 0. The number of unbranched alkanes of at least 4 members (excludes halogenated alkanes) is 5. The normalized spacial score (nSPS) is 30.6. The lowest BCUT2D eigenvalue weighted by Gasteiger charge is -2.40. The van der Waals surface area contributed by atoms with Gasteiger partial charge in [-0.2, -0.15) is 0 Å². The molecule has 0 bridgehead atoms. The highest BCUT2D eigenvalue weighted by atomic mass is 28.5. The Balaban J connectivity index is -0.0000000801. The summed E-state index contributed by atoms with van der Waals surface area (Å²) >= 11 is 0. The van der Waals surface area contributed by atoms with Crippen LogP contribution < -0.4 is 0 Å². The van der Waals surface area contributed by atoms with Crippen LogP contribution in [0.15, 0.2) is 0 Å².